The van der Waals surface area contributed by atoms with Crippen LogP contribution in [0.5, 0.6) is 0 Å². The molecule has 0 aliphatic carbocycles. The fraction of sp³-hybridized carbons (Fsp3) is 0.529. The highest BCUT2D eigenvalue weighted by molar-refractivity contribution is 7.89. The van der Waals surface area contributed by atoms with Crippen molar-refractivity contribution in [2.45, 2.75) is 43.5 Å². The Kier molecular flexibility index (Phi) is 6.18. The second-order valence-electron chi connectivity index (χ2n) is 6.27. The second kappa shape index (κ2) is 7.97. The van der Waals surface area contributed by atoms with Gasteiger partial charge in [-0.15, -0.1) is 0 Å². The van der Waals surface area contributed by atoms with E-state index in [-0.39, 0.29) is 10.5 Å². The van der Waals surface area contributed by atoms with Crippen molar-refractivity contribution in [1.82, 2.24) is 9.21 Å². The van der Waals surface area contributed by atoms with Gasteiger partial charge in [-0.3, -0.25) is 4.79 Å². The first-order chi connectivity index (χ1) is 11.7. The number of benzene rings is 1. The maximum atomic E-state index is 12.7. The van der Waals surface area contributed by atoms with E-state index >= 15 is 0 Å². The van der Waals surface area contributed by atoms with E-state index in [0.29, 0.717) is 13.1 Å². The van der Waals surface area contributed by atoms with Crippen LogP contribution in [-0.4, -0.2) is 60.8 Å². The Hall–Kier alpha value is -1.93. The lowest BCUT2D eigenvalue weighted by molar-refractivity contribution is -0.141. The molecule has 0 saturated carbocycles. The first kappa shape index (κ1) is 19.4. The van der Waals surface area contributed by atoms with Crippen molar-refractivity contribution in [3.05, 3.63) is 29.8 Å². The minimum atomic E-state index is -3.56. The largest absolute Gasteiger partial charge is 0.480 e. The molecule has 1 atom stereocenters. The molecule has 25 heavy (non-hydrogen) atoms. The van der Waals surface area contributed by atoms with E-state index in [9.17, 15) is 18.0 Å². The van der Waals surface area contributed by atoms with Gasteiger partial charge >= 0.3 is 5.97 Å². The number of hydrogen-bond acceptors (Lipinski definition) is 4. The van der Waals surface area contributed by atoms with Crippen molar-refractivity contribution < 1.29 is 23.1 Å². The molecule has 2 rings (SSSR count). The van der Waals surface area contributed by atoms with E-state index in [4.69, 9.17) is 5.11 Å². The molecule has 1 fully saturated rings. The average molecular weight is 368 g/mol. The van der Waals surface area contributed by atoms with E-state index < -0.39 is 27.9 Å². The molecule has 8 heteroatoms. The molecule has 138 valence electrons. The van der Waals surface area contributed by atoms with Crippen LogP contribution in [0, 0.1) is 0 Å². The predicted octanol–water partition coefficient (Wildman–Crippen LogP) is 1.80. The molecular formula is C17H24N2O5S. The van der Waals surface area contributed by atoms with Gasteiger partial charge in [0, 0.05) is 25.7 Å². The Morgan fingerprint density at radius 2 is 1.60 bits per heavy atom. The molecule has 1 aromatic carbocycles. The Morgan fingerprint density at radius 1 is 1.08 bits per heavy atom. The molecule has 1 unspecified atom stereocenters. The maximum Gasteiger partial charge on any atom is 0.326 e. The number of aliphatic carboxylic acids is 1. The van der Waals surface area contributed by atoms with Gasteiger partial charge in [0.25, 0.3) is 5.91 Å². The SMILES string of the molecule is CC(C(=O)O)N(C)C(=O)c1ccc(S(=O)(=O)N2CCCCCC2)cc1. The molecule has 1 amide bonds. The Bertz CT molecular complexity index is 722. The number of amides is 1. The summed E-state index contributed by atoms with van der Waals surface area (Å²) in [7, 11) is -2.16. The number of hydrogen-bond donors (Lipinski definition) is 1. The zero-order valence-electron chi connectivity index (χ0n) is 14.5. The Morgan fingerprint density at radius 3 is 2.08 bits per heavy atom. The van der Waals surface area contributed by atoms with Gasteiger partial charge in [-0.05, 0) is 44.0 Å². The van der Waals surface area contributed by atoms with Gasteiger partial charge in [0.2, 0.25) is 10.0 Å². The standard InChI is InChI=1S/C17H24N2O5S/c1-13(17(21)22)18(2)16(20)14-7-9-15(10-8-14)25(23,24)19-11-5-3-4-6-12-19/h7-10,13H,3-6,11-12H2,1-2H3,(H,21,22). The Balaban J connectivity index is 2.18. The number of carboxylic acid groups (broad SMARTS) is 1. The number of likely N-dealkylation sites (N-methyl/N-ethyl adjacent to an activating group) is 1. The number of nitrogens with zero attached hydrogens (tertiary/aromatic N) is 2. The summed E-state index contributed by atoms with van der Waals surface area (Å²) in [6.45, 7) is 2.45. The molecule has 1 aromatic rings. The van der Waals surface area contributed by atoms with Crippen LogP contribution in [0.1, 0.15) is 43.0 Å². The number of carboxylic acids is 1. The number of rotatable bonds is 5. The molecular weight excluding hydrogens is 344 g/mol. The molecule has 0 radical (unpaired) electrons. The first-order valence-corrected chi connectivity index (χ1v) is 9.79. The third kappa shape index (κ3) is 4.38. The molecule has 1 aliphatic heterocycles. The van der Waals surface area contributed by atoms with Crippen LogP contribution in [0.2, 0.25) is 0 Å². The van der Waals surface area contributed by atoms with Crippen LogP contribution < -0.4 is 0 Å². The molecule has 0 spiro atoms. The molecule has 1 N–H and O–H groups in total. The normalized spacial score (nSPS) is 17.5. The van der Waals surface area contributed by atoms with Crippen molar-refractivity contribution in [1.29, 1.82) is 0 Å². The average Bonchev–Trinajstić information content (AvgIpc) is 2.89. The minimum Gasteiger partial charge on any atom is -0.480 e. The van der Waals surface area contributed by atoms with Crippen molar-refractivity contribution in [2.75, 3.05) is 20.1 Å². The highest BCUT2D eigenvalue weighted by Crippen LogP contribution is 2.21. The van der Waals surface area contributed by atoms with Crippen LogP contribution in [0.3, 0.4) is 0 Å². The van der Waals surface area contributed by atoms with E-state index in [2.05, 4.69) is 0 Å². The molecule has 7 nitrogen and oxygen atoms in total. The van der Waals surface area contributed by atoms with E-state index in [1.807, 2.05) is 0 Å². The van der Waals surface area contributed by atoms with Crippen LogP contribution in [0.15, 0.2) is 29.2 Å². The minimum absolute atomic E-state index is 0.153. The summed E-state index contributed by atoms with van der Waals surface area (Å²) in [6.07, 6.45) is 3.78. The zero-order chi connectivity index (χ0) is 18.6. The number of sulfonamides is 1. The maximum absolute atomic E-state index is 12.7. The Labute approximate surface area is 148 Å². The fourth-order valence-corrected chi connectivity index (χ4v) is 4.26. The third-order valence-electron chi connectivity index (χ3n) is 4.56. The van der Waals surface area contributed by atoms with Gasteiger partial charge < -0.3 is 10.0 Å². The first-order valence-electron chi connectivity index (χ1n) is 8.35. The van der Waals surface area contributed by atoms with Crippen LogP contribution in [-0.2, 0) is 14.8 Å². The fourth-order valence-electron chi connectivity index (χ4n) is 2.75. The number of carbonyl (C=O) groups is 2. The van der Waals surface area contributed by atoms with Gasteiger partial charge in [-0.25, -0.2) is 13.2 Å². The predicted molar refractivity (Wildman–Crippen MR) is 92.9 cm³/mol. The number of carbonyl (C=O) groups excluding carboxylic acids is 1. The van der Waals surface area contributed by atoms with Crippen LogP contribution in [0.4, 0.5) is 0 Å². The van der Waals surface area contributed by atoms with E-state index in [1.54, 1.807) is 0 Å². The van der Waals surface area contributed by atoms with Crippen molar-refractivity contribution in [2.24, 2.45) is 0 Å². The second-order valence-corrected chi connectivity index (χ2v) is 8.21. The molecule has 0 aromatic heterocycles. The highest BCUT2D eigenvalue weighted by Gasteiger charge is 2.26. The summed E-state index contributed by atoms with van der Waals surface area (Å²) in [5.74, 6) is -1.56. The molecule has 0 bridgehead atoms. The van der Waals surface area contributed by atoms with Crippen LogP contribution in [0.25, 0.3) is 0 Å². The topological polar surface area (TPSA) is 95.0 Å². The molecule has 1 heterocycles. The van der Waals surface area contributed by atoms with Crippen molar-refractivity contribution in [3.8, 4) is 0 Å². The summed E-state index contributed by atoms with van der Waals surface area (Å²) in [5, 5.41) is 8.99. The zero-order valence-corrected chi connectivity index (χ0v) is 15.3. The summed E-state index contributed by atoms with van der Waals surface area (Å²) < 4.78 is 26.9. The summed E-state index contributed by atoms with van der Waals surface area (Å²) >= 11 is 0. The lowest BCUT2D eigenvalue weighted by atomic mass is 10.2. The quantitative estimate of drug-likeness (QED) is 0.855. The highest BCUT2D eigenvalue weighted by atomic mass is 32.2. The van der Waals surface area contributed by atoms with Crippen LogP contribution >= 0.6 is 0 Å². The van der Waals surface area contributed by atoms with Gasteiger partial charge in [-0.2, -0.15) is 4.31 Å². The van der Waals surface area contributed by atoms with Gasteiger partial charge in [-0.1, -0.05) is 12.8 Å². The molecule has 1 aliphatic rings. The smallest absolute Gasteiger partial charge is 0.326 e. The molecule has 1 saturated heterocycles. The van der Waals surface area contributed by atoms with E-state index in [0.717, 1.165) is 30.6 Å². The van der Waals surface area contributed by atoms with Gasteiger partial charge in [0.1, 0.15) is 6.04 Å². The lowest BCUT2D eigenvalue weighted by Crippen LogP contribution is -2.40. The van der Waals surface area contributed by atoms with Gasteiger partial charge in [0.05, 0.1) is 4.90 Å². The summed E-state index contributed by atoms with van der Waals surface area (Å²) in [6, 6.07) is 4.71. The summed E-state index contributed by atoms with van der Waals surface area (Å²) in [4.78, 5) is 24.6. The summed E-state index contributed by atoms with van der Waals surface area (Å²) in [5.41, 5.74) is 0.255. The van der Waals surface area contributed by atoms with Crippen molar-refractivity contribution >= 4 is 21.9 Å². The van der Waals surface area contributed by atoms with Gasteiger partial charge in [0.15, 0.2) is 0 Å². The third-order valence-corrected chi connectivity index (χ3v) is 6.48. The van der Waals surface area contributed by atoms with Crippen molar-refractivity contribution in [3.63, 3.8) is 0 Å². The van der Waals surface area contributed by atoms with E-state index in [1.165, 1.54) is 42.5 Å². The lowest BCUT2D eigenvalue weighted by Gasteiger charge is -2.22. The monoisotopic (exact) mass is 368 g/mol.